The summed E-state index contributed by atoms with van der Waals surface area (Å²) >= 11 is 0. The highest BCUT2D eigenvalue weighted by molar-refractivity contribution is 5.79. The van der Waals surface area contributed by atoms with Crippen LogP contribution in [0.15, 0.2) is 47.2 Å². The Hall–Kier alpha value is -2.93. The first-order chi connectivity index (χ1) is 13.1. The molecular formula is C20H22N4O3. The Balaban J connectivity index is 1.66. The Morgan fingerprint density at radius 2 is 2.04 bits per heavy atom. The van der Waals surface area contributed by atoms with Gasteiger partial charge in [0.2, 0.25) is 5.91 Å². The second kappa shape index (κ2) is 7.36. The molecule has 1 saturated heterocycles. The largest absolute Gasteiger partial charge is 0.377 e. The maximum absolute atomic E-state index is 12.9. The Labute approximate surface area is 157 Å². The van der Waals surface area contributed by atoms with Crippen molar-refractivity contribution in [2.45, 2.75) is 26.3 Å². The molecule has 4 rings (SSSR count). The van der Waals surface area contributed by atoms with Crippen LogP contribution < -0.4 is 0 Å². The van der Waals surface area contributed by atoms with Gasteiger partial charge in [0.15, 0.2) is 0 Å². The second-order valence-electron chi connectivity index (χ2n) is 6.68. The summed E-state index contributed by atoms with van der Waals surface area (Å²) in [5.74, 6) is 0.0171. The van der Waals surface area contributed by atoms with E-state index in [0.717, 1.165) is 22.6 Å². The van der Waals surface area contributed by atoms with Gasteiger partial charge in [-0.05, 0) is 26.0 Å². The van der Waals surface area contributed by atoms with Gasteiger partial charge in [0.05, 0.1) is 42.8 Å². The van der Waals surface area contributed by atoms with Crippen molar-refractivity contribution in [1.82, 2.24) is 19.8 Å². The lowest BCUT2D eigenvalue weighted by molar-refractivity contribution is -0.139. The minimum absolute atomic E-state index is 0.0171. The number of hydrogen-bond donors (Lipinski definition) is 0. The van der Waals surface area contributed by atoms with E-state index in [0.29, 0.717) is 25.5 Å². The number of hydrogen-bond acceptors (Lipinski definition) is 5. The summed E-state index contributed by atoms with van der Waals surface area (Å²) in [4.78, 5) is 14.8. The molecule has 3 aromatic rings. The predicted molar refractivity (Wildman–Crippen MR) is 98.5 cm³/mol. The quantitative estimate of drug-likeness (QED) is 0.710. The minimum Gasteiger partial charge on any atom is -0.377 e. The van der Waals surface area contributed by atoms with Gasteiger partial charge in [-0.1, -0.05) is 23.4 Å². The van der Waals surface area contributed by atoms with Gasteiger partial charge in [0.1, 0.15) is 6.26 Å². The van der Waals surface area contributed by atoms with Crippen LogP contribution >= 0.6 is 0 Å². The van der Waals surface area contributed by atoms with Gasteiger partial charge < -0.3 is 14.2 Å². The fraction of sp³-hybridized carbons (Fsp3) is 0.350. The molecule has 1 fully saturated rings. The van der Waals surface area contributed by atoms with E-state index in [1.807, 2.05) is 53.8 Å². The third-order valence-corrected chi connectivity index (χ3v) is 4.95. The van der Waals surface area contributed by atoms with Gasteiger partial charge in [-0.25, -0.2) is 4.68 Å². The summed E-state index contributed by atoms with van der Waals surface area (Å²) in [7, 11) is 0. The van der Waals surface area contributed by atoms with Crippen molar-refractivity contribution in [3.63, 3.8) is 0 Å². The summed E-state index contributed by atoms with van der Waals surface area (Å²) in [5, 5.41) is 8.58. The van der Waals surface area contributed by atoms with Crippen LogP contribution in [0.2, 0.25) is 0 Å². The van der Waals surface area contributed by atoms with E-state index in [2.05, 4.69) is 5.16 Å². The van der Waals surface area contributed by atoms with Gasteiger partial charge in [0, 0.05) is 23.9 Å². The molecule has 3 heterocycles. The smallest absolute Gasteiger partial charge is 0.229 e. The number of benzene rings is 1. The molecule has 1 aliphatic heterocycles. The maximum atomic E-state index is 12.9. The summed E-state index contributed by atoms with van der Waals surface area (Å²) in [6, 6.07) is 11.6. The predicted octanol–water partition coefficient (Wildman–Crippen LogP) is 2.62. The zero-order chi connectivity index (χ0) is 18.8. The first kappa shape index (κ1) is 17.5. The number of aryl methyl sites for hydroxylation is 1. The van der Waals surface area contributed by atoms with Gasteiger partial charge in [-0.15, -0.1) is 0 Å². The Morgan fingerprint density at radius 3 is 2.78 bits per heavy atom. The number of para-hydroxylation sites is 1. The van der Waals surface area contributed by atoms with Crippen LogP contribution in [-0.4, -0.2) is 45.5 Å². The normalized spacial score (nSPS) is 17.3. The molecule has 0 radical (unpaired) electrons. The van der Waals surface area contributed by atoms with Gasteiger partial charge in [-0.3, -0.25) is 4.79 Å². The first-order valence-electron chi connectivity index (χ1n) is 9.03. The van der Waals surface area contributed by atoms with Crippen LogP contribution in [0, 0.1) is 13.8 Å². The first-order valence-corrected chi connectivity index (χ1v) is 9.03. The molecule has 0 N–H and O–H groups in total. The van der Waals surface area contributed by atoms with Crippen molar-refractivity contribution >= 4 is 5.91 Å². The average Bonchev–Trinajstić information content (AvgIpc) is 3.30. The third kappa shape index (κ3) is 3.38. The topological polar surface area (TPSA) is 73.4 Å². The van der Waals surface area contributed by atoms with E-state index in [1.165, 1.54) is 6.26 Å². The van der Waals surface area contributed by atoms with Crippen molar-refractivity contribution in [2.75, 3.05) is 19.8 Å². The summed E-state index contributed by atoms with van der Waals surface area (Å²) in [6.45, 7) is 5.57. The zero-order valence-electron chi connectivity index (χ0n) is 15.5. The SMILES string of the molecule is Cc1nn(-c2ccccc2)c(C)c1C1COCCN1C(=O)Cc1ccon1. The molecule has 0 aliphatic carbocycles. The van der Waals surface area contributed by atoms with Gasteiger partial charge >= 0.3 is 0 Å². The number of amides is 1. The summed E-state index contributed by atoms with van der Waals surface area (Å²) < 4.78 is 12.5. The van der Waals surface area contributed by atoms with E-state index in [4.69, 9.17) is 14.4 Å². The maximum Gasteiger partial charge on any atom is 0.229 e. The van der Waals surface area contributed by atoms with Crippen LogP contribution in [0.3, 0.4) is 0 Å². The molecule has 1 aromatic carbocycles. The Kier molecular flexibility index (Phi) is 4.77. The number of carbonyl (C=O) groups excluding carboxylic acids is 1. The van der Waals surface area contributed by atoms with E-state index in [-0.39, 0.29) is 18.4 Å². The van der Waals surface area contributed by atoms with Crippen LogP contribution in [-0.2, 0) is 16.0 Å². The third-order valence-electron chi connectivity index (χ3n) is 4.95. The van der Waals surface area contributed by atoms with Gasteiger partial charge in [0.25, 0.3) is 0 Å². The second-order valence-corrected chi connectivity index (χ2v) is 6.68. The fourth-order valence-electron chi connectivity index (χ4n) is 3.68. The lowest BCUT2D eigenvalue weighted by Crippen LogP contribution is -2.44. The zero-order valence-corrected chi connectivity index (χ0v) is 15.5. The minimum atomic E-state index is -0.157. The van der Waals surface area contributed by atoms with Gasteiger partial charge in [-0.2, -0.15) is 5.10 Å². The molecule has 0 spiro atoms. The highest BCUT2D eigenvalue weighted by Crippen LogP contribution is 2.31. The van der Waals surface area contributed by atoms with E-state index in [9.17, 15) is 4.79 Å². The molecule has 1 atom stereocenters. The standard InChI is InChI=1S/C20H22N4O3/c1-14-20(15(2)24(21-14)17-6-4-3-5-7-17)18-13-26-11-9-23(18)19(25)12-16-8-10-27-22-16/h3-8,10,18H,9,11-13H2,1-2H3. The molecule has 2 aromatic heterocycles. The van der Waals surface area contributed by atoms with E-state index in [1.54, 1.807) is 6.07 Å². The number of aromatic nitrogens is 3. The Morgan fingerprint density at radius 1 is 1.22 bits per heavy atom. The summed E-state index contributed by atoms with van der Waals surface area (Å²) in [6.07, 6.45) is 1.70. The Bertz CT molecular complexity index is 918. The van der Waals surface area contributed by atoms with Crippen LogP contribution in [0.1, 0.15) is 28.7 Å². The molecular weight excluding hydrogens is 344 g/mol. The highest BCUT2D eigenvalue weighted by Gasteiger charge is 2.33. The highest BCUT2D eigenvalue weighted by atomic mass is 16.5. The number of ether oxygens (including phenoxy) is 1. The van der Waals surface area contributed by atoms with E-state index >= 15 is 0 Å². The lowest BCUT2D eigenvalue weighted by atomic mass is 10.0. The number of rotatable bonds is 4. The monoisotopic (exact) mass is 366 g/mol. The molecule has 140 valence electrons. The van der Waals surface area contributed by atoms with Crippen molar-refractivity contribution in [3.05, 3.63) is 65.3 Å². The molecule has 1 aliphatic rings. The van der Waals surface area contributed by atoms with Crippen LogP contribution in [0.4, 0.5) is 0 Å². The number of morpholine rings is 1. The van der Waals surface area contributed by atoms with Crippen molar-refractivity contribution in [1.29, 1.82) is 0 Å². The number of nitrogens with zero attached hydrogens (tertiary/aromatic N) is 4. The molecule has 1 unspecified atom stereocenters. The van der Waals surface area contributed by atoms with Crippen molar-refractivity contribution in [2.24, 2.45) is 0 Å². The van der Waals surface area contributed by atoms with E-state index < -0.39 is 0 Å². The molecule has 7 heteroatoms. The molecule has 1 amide bonds. The molecule has 7 nitrogen and oxygen atoms in total. The van der Waals surface area contributed by atoms with Crippen LogP contribution in [0.25, 0.3) is 5.69 Å². The van der Waals surface area contributed by atoms with Crippen molar-refractivity contribution < 1.29 is 14.1 Å². The number of carbonyl (C=O) groups is 1. The van der Waals surface area contributed by atoms with Crippen molar-refractivity contribution in [3.8, 4) is 5.69 Å². The lowest BCUT2D eigenvalue weighted by Gasteiger charge is -2.36. The molecule has 27 heavy (non-hydrogen) atoms. The summed E-state index contributed by atoms with van der Waals surface area (Å²) in [5.41, 5.74) is 4.62. The molecule has 0 bridgehead atoms. The fourth-order valence-corrected chi connectivity index (χ4v) is 3.68. The average molecular weight is 366 g/mol. The molecule has 0 saturated carbocycles. The van der Waals surface area contributed by atoms with Crippen LogP contribution in [0.5, 0.6) is 0 Å².